The zero-order valence-electron chi connectivity index (χ0n) is 9.88. The van der Waals surface area contributed by atoms with Crippen molar-refractivity contribution in [3.05, 3.63) is 30.3 Å². The van der Waals surface area contributed by atoms with Crippen LogP contribution >= 0.6 is 11.8 Å². The van der Waals surface area contributed by atoms with Crippen LogP contribution in [-0.2, 0) is 4.79 Å². The first-order valence-corrected chi connectivity index (χ1v) is 6.35. The summed E-state index contributed by atoms with van der Waals surface area (Å²) < 4.78 is 0. The molecule has 1 aromatic carbocycles. The maximum atomic E-state index is 11.0. The lowest BCUT2D eigenvalue weighted by molar-refractivity contribution is -0.141. The molecule has 2 unspecified atom stereocenters. The van der Waals surface area contributed by atoms with E-state index in [4.69, 9.17) is 5.11 Å². The van der Waals surface area contributed by atoms with Gasteiger partial charge >= 0.3 is 5.97 Å². The fourth-order valence-electron chi connectivity index (χ4n) is 1.61. The standard InChI is InChI=1S/C13H18O2S/c1-9(2)12(10(3)13(14)15)16-11-7-5-4-6-8-11/h4-10,12H,1-3H3,(H,14,15). The Morgan fingerprint density at radius 1 is 1.19 bits per heavy atom. The van der Waals surface area contributed by atoms with Gasteiger partial charge in [0.1, 0.15) is 0 Å². The van der Waals surface area contributed by atoms with Crippen molar-refractivity contribution in [2.24, 2.45) is 11.8 Å². The van der Waals surface area contributed by atoms with Crippen molar-refractivity contribution in [3.8, 4) is 0 Å². The molecule has 2 atom stereocenters. The Morgan fingerprint density at radius 2 is 1.75 bits per heavy atom. The molecule has 2 nitrogen and oxygen atoms in total. The second kappa shape index (κ2) is 5.94. The molecule has 0 aliphatic carbocycles. The molecule has 0 aliphatic rings. The van der Waals surface area contributed by atoms with Crippen molar-refractivity contribution < 1.29 is 9.90 Å². The van der Waals surface area contributed by atoms with Crippen LogP contribution in [0.15, 0.2) is 35.2 Å². The second-order valence-electron chi connectivity index (χ2n) is 4.27. The van der Waals surface area contributed by atoms with Crippen LogP contribution in [0.2, 0.25) is 0 Å². The first-order valence-electron chi connectivity index (χ1n) is 5.47. The minimum atomic E-state index is -0.720. The molecular formula is C13H18O2S. The van der Waals surface area contributed by atoms with Crippen molar-refractivity contribution in [1.82, 2.24) is 0 Å². The number of thioether (sulfide) groups is 1. The van der Waals surface area contributed by atoms with Gasteiger partial charge in [-0.05, 0) is 18.1 Å². The number of hydrogen-bond acceptors (Lipinski definition) is 2. The average Bonchev–Trinajstić information content (AvgIpc) is 2.26. The molecular weight excluding hydrogens is 220 g/mol. The third kappa shape index (κ3) is 3.56. The lowest BCUT2D eigenvalue weighted by atomic mass is 9.98. The monoisotopic (exact) mass is 238 g/mol. The van der Waals surface area contributed by atoms with Crippen molar-refractivity contribution >= 4 is 17.7 Å². The van der Waals surface area contributed by atoms with E-state index in [1.807, 2.05) is 30.3 Å². The summed E-state index contributed by atoms with van der Waals surface area (Å²) in [5, 5.41) is 9.18. The molecule has 0 fully saturated rings. The van der Waals surface area contributed by atoms with Gasteiger partial charge in [-0.1, -0.05) is 39.0 Å². The molecule has 0 amide bonds. The van der Waals surface area contributed by atoms with Gasteiger partial charge in [0.05, 0.1) is 5.92 Å². The molecule has 0 aromatic heterocycles. The Labute approximate surface area is 101 Å². The molecule has 16 heavy (non-hydrogen) atoms. The van der Waals surface area contributed by atoms with Gasteiger partial charge in [0.2, 0.25) is 0 Å². The lowest BCUT2D eigenvalue weighted by Gasteiger charge is -2.24. The fraction of sp³-hybridized carbons (Fsp3) is 0.462. The van der Waals surface area contributed by atoms with Crippen LogP contribution in [0.1, 0.15) is 20.8 Å². The van der Waals surface area contributed by atoms with Crippen LogP contribution in [0.5, 0.6) is 0 Å². The van der Waals surface area contributed by atoms with E-state index in [1.165, 1.54) is 0 Å². The molecule has 0 aliphatic heterocycles. The minimum absolute atomic E-state index is 0.111. The van der Waals surface area contributed by atoms with E-state index in [2.05, 4.69) is 13.8 Å². The maximum absolute atomic E-state index is 11.0. The van der Waals surface area contributed by atoms with Gasteiger partial charge in [-0.15, -0.1) is 11.8 Å². The van der Waals surface area contributed by atoms with E-state index in [0.717, 1.165) is 4.90 Å². The number of carbonyl (C=O) groups is 1. The highest BCUT2D eigenvalue weighted by Gasteiger charge is 2.27. The number of carboxylic acids is 1. The average molecular weight is 238 g/mol. The highest BCUT2D eigenvalue weighted by molar-refractivity contribution is 8.00. The SMILES string of the molecule is CC(C)C(Sc1ccccc1)C(C)C(=O)O. The number of rotatable bonds is 5. The zero-order valence-corrected chi connectivity index (χ0v) is 10.7. The van der Waals surface area contributed by atoms with Gasteiger partial charge < -0.3 is 5.11 Å². The van der Waals surface area contributed by atoms with Gasteiger partial charge in [-0.3, -0.25) is 4.79 Å². The van der Waals surface area contributed by atoms with Gasteiger partial charge in [-0.25, -0.2) is 0 Å². The Hall–Kier alpha value is -0.960. The number of benzene rings is 1. The summed E-state index contributed by atoms with van der Waals surface area (Å²) in [5.74, 6) is -0.705. The highest BCUT2D eigenvalue weighted by Crippen LogP contribution is 2.33. The molecule has 0 spiro atoms. The summed E-state index contributed by atoms with van der Waals surface area (Å²) >= 11 is 1.65. The Kier molecular flexibility index (Phi) is 4.87. The largest absolute Gasteiger partial charge is 0.481 e. The van der Waals surface area contributed by atoms with Crippen molar-refractivity contribution in [3.63, 3.8) is 0 Å². The van der Waals surface area contributed by atoms with E-state index >= 15 is 0 Å². The molecule has 0 saturated heterocycles. The van der Waals surface area contributed by atoms with Crippen molar-refractivity contribution in [2.75, 3.05) is 0 Å². The van der Waals surface area contributed by atoms with E-state index in [1.54, 1.807) is 18.7 Å². The first kappa shape index (κ1) is 13.1. The summed E-state index contributed by atoms with van der Waals surface area (Å²) in [6.07, 6.45) is 0. The minimum Gasteiger partial charge on any atom is -0.481 e. The van der Waals surface area contributed by atoms with Crippen LogP contribution in [0.25, 0.3) is 0 Å². The third-order valence-electron chi connectivity index (χ3n) is 2.55. The number of hydrogen-bond donors (Lipinski definition) is 1. The molecule has 3 heteroatoms. The van der Waals surface area contributed by atoms with Gasteiger partial charge in [0.15, 0.2) is 0 Å². The zero-order chi connectivity index (χ0) is 12.1. The summed E-state index contributed by atoms with van der Waals surface area (Å²) in [4.78, 5) is 12.2. The molecule has 1 rings (SSSR count). The van der Waals surface area contributed by atoms with Gasteiger partial charge in [0.25, 0.3) is 0 Å². The predicted molar refractivity (Wildman–Crippen MR) is 67.7 cm³/mol. The van der Waals surface area contributed by atoms with Gasteiger partial charge in [0, 0.05) is 10.1 Å². The van der Waals surface area contributed by atoms with Crippen molar-refractivity contribution in [1.29, 1.82) is 0 Å². The van der Waals surface area contributed by atoms with Gasteiger partial charge in [-0.2, -0.15) is 0 Å². The molecule has 88 valence electrons. The lowest BCUT2D eigenvalue weighted by Crippen LogP contribution is -2.27. The normalized spacial score (nSPS) is 14.8. The van der Waals surface area contributed by atoms with Crippen LogP contribution in [0.4, 0.5) is 0 Å². The molecule has 0 bridgehead atoms. The maximum Gasteiger partial charge on any atom is 0.307 e. The van der Waals surface area contributed by atoms with Crippen molar-refractivity contribution in [2.45, 2.75) is 30.9 Å². The molecule has 1 N–H and O–H groups in total. The van der Waals surface area contributed by atoms with Crippen LogP contribution < -0.4 is 0 Å². The van der Waals surface area contributed by atoms with E-state index in [0.29, 0.717) is 5.92 Å². The Balaban J connectivity index is 2.77. The van der Waals surface area contributed by atoms with E-state index in [-0.39, 0.29) is 11.2 Å². The predicted octanol–water partition coefficient (Wildman–Crippen LogP) is 3.52. The summed E-state index contributed by atoms with van der Waals surface area (Å²) in [6, 6.07) is 9.97. The fourth-order valence-corrected chi connectivity index (χ4v) is 2.83. The van der Waals surface area contributed by atoms with Crippen LogP contribution in [0.3, 0.4) is 0 Å². The second-order valence-corrected chi connectivity index (χ2v) is 5.52. The molecule has 0 heterocycles. The summed E-state index contributed by atoms with van der Waals surface area (Å²) in [7, 11) is 0. The quantitative estimate of drug-likeness (QED) is 0.797. The number of carboxylic acid groups (broad SMARTS) is 1. The van der Waals surface area contributed by atoms with E-state index < -0.39 is 5.97 Å². The summed E-state index contributed by atoms with van der Waals surface area (Å²) in [5.41, 5.74) is 0. The number of aliphatic carboxylic acids is 1. The highest BCUT2D eigenvalue weighted by atomic mass is 32.2. The smallest absolute Gasteiger partial charge is 0.307 e. The summed E-state index contributed by atoms with van der Waals surface area (Å²) in [6.45, 7) is 5.92. The van der Waals surface area contributed by atoms with Crippen LogP contribution in [0, 0.1) is 11.8 Å². The first-order chi connectivity index (χ1) is 7.52. The Morgan fingerprint density at radius 3 is 2.19 bits per heavy atom. The molecule has 1 aromatic rings. The van der Waals surface area contributed by atoms with E-state index in [9.17, 15) is 4.79 Å². The topological polar surface area (TPSA) is 37.3 Å². The van der Waals surface area contributed by atoms with Crippen LogP contribution in [-0.4, -0.2) is 16.3 Å². The Bertz CT molecular complexity index is 335. The molecule has 0 saturated carbocycles. The third-order valence-corrected chi connectivity index (χ3v) is 4.32. The molecule has 0 radical (unpaired) electrons.